The smallest absolute Gasteiger partial charge is 0.227 e. The van der Waals surface area contributed by atoms with Crippen molar-refractivity contribution in [3.63, 3.8) is 0 Å². The molecule has 2 aliphatic heterocycles. The third-order valence-electron chi connectivity index (χ3n) is 5.76. The van der Waals surface area contributed by atoms with Crippen LogP contribution in [0.5, 0.6) is 0 Å². The lowest BCUT2D eigenvalue weighted by Gasteiger charge is -2.37. The molecule has 4 heteroatoms. The maximum Gasteiger partial charge on any atom is 0.227 e. The van der Waals surface area contributed by atoms with E-state index < -0.39 is 0 Å². The number of hydrogen-bond acceptors (Lipinski definition) is 2. The van der Waals surface area contributed by atoms with Crippen molar-refractivity contribution in [2.75, 3.05) is 26.2 Å². The van der Waals surface area contributed by atoms with Gasteiger partial charge in [-0.2, -0.15) is 0 Å². The van der Waals surface area contributed by atoms with Gasteiger partial charge in [0.2, 0.25) is 5.91 Å². The fourth-order valence-electron chi connectivity index (χ4n) is 4.41. The zero-order valence-electron chi connectivity index (χ0n) is 14.6. The number of benzene rings is 1. The minimum absolute atomic E-state index is 0.284. The van der Waals surface area contributed by atoms with Gasteiger partial charge in [0, 0.05) is 35.7 Å². The first-order valence-electron chi connectivity index (χ1n) is 9.30. The SMILES string of the molecule is Cc1[nH]c2ccccc2c1CC(=O)N1CCC[C@H](N2CCCC2)C1. The van der Waals surface area contributed by atoms with Crippen molar-refractivity contribution in [1.82, 2.24) is 14.8 Å². The number of amides is 1. The molecule has 0 unspecified atom stereocenters. The van der Waals surface area contributed by atoms with E-state index in [1.807, 2.05) is 12.1 Å². The Kier molecular flexibility index (Phi) is 4.31. The summed E-state index contributed by atoms with van der Waals surface area (Å²) in [4.78, 5) is 21.0. The zero-order chi connectivity index (χ0) is 16.5. The molecule has 2 fully saturated rings. The summed E-state index contributed by atoms with van der Waals surface area (Å²) in [7, 11) is 0. The number of nitrogens with zero attached hydrogens (tertiary/aromatic N) is 2. The van der Waals surface area contributed by atoms with E-state index in [9.17, 15) is 4.79 Å². The van der Waals surface area contributed by atoms with E-state index in [0.29, 0.717) is 12.5 Å². The molecule has 128 valence electrons. The van der Waals surface area contributed by atoms with Crippen LogP contribution in [-0.4, -0.2) is 52.9 Å². The van der Waals surface area contributed by atoms with Crippen molar-refractivity contribution in [2.45, 2.75) is 45.1 Å². The molecule has 0 bridgehead atoms. The number of fused-ring (bicyclic) bond motifs is 1. The first-order valence-corrected chi connectivity index (χ1v) is 9.30. The highest BCUT2D eigenvalue weighted by molar-refractivity contribution is 5.90. The maximum atomic E-state index is 12.9. The van der Waals surface area contributed by atoms with Gasteiger partial charge in [-0.05, 0) is 57.3 Å². The van der Waals surface area contributed by atoms with E-state index in [1.54, 1.807) is 0 Å². The van der Waals surface area contributed by atoms with Gasteiger partial charge in [-0.25, -0.2) is 0 Å². The molecule has 1 aromatic heterocycles. The largest absolute Gasteiger partial charge is 0.358 e. The highest BCUT2D eigenvalue weighted by atomic mass is 16.2. The molecular formula is C20H27N3O. The normalized spacial score (nSPS) is 22.4. The van der Waals surface area contributed by atoms with Crippen molar-refractivity contribution >= 4 is 16.8 Å². The molecule has 2 saturated heterocycles. The number of carbonyl (C=O) groups is 1. The Morgan fingerprint density at radius 2 is 1.96 bits per heavy atom. The Bertz CT molecular complexity index is 730. The molecule has 0 saturated carbocycles. The number of nitrogens with one attached hydrogen (secondary N) is 1. The average Bonchev–Trinajstić information content (AvgIpc) is 3.24. The van der Waals surface area contributed by atoms with Crippen LogP contribution in [0.1, 0.15) is 36.9 Å². The summed E-state index contributed by atoms with van der Waals surface area (Å²) < 4.78 is 0. The van der Waals surface area contributed by atoms with Gasteiger partial charge in [0.25, 0.3) is 0 Å². The Labute approximate surface area is 143 Å². The molecule has 1 aromatic carbocycles. The molecule has 0 radical (unpaired) electrons. The average molecular weight is 325 g/mol. The van der Waals surface area contributed by atoms with Crippen molar-refractivity contribution in [2.24, 2.45) is 0 Å². The summed E-state index contributed by atoms with van der Waals surface area (Å²) in [6.07, 6.45) is 5.54. The molecule has 0 spiro atoms. The third-order valence-corrected chi connectivity index (χ3v) is 5.76. The topological polar surface area (TPSA) is 39.3 Å². The van der Waals surface area contributed by atoms with Crippen molar-refractivity contribution in [1.29, 1.82) is 0 Å². The van der Waals surface area contributed by atoms with Crippen LogP contribution < -0.4 is 0 Å². The number of aryl methyl sites for hydroxylation is 1. The van der Waals surface area contributed by atoms with Gasteiger partial charge in [-0.15, -0.1) is 0 Å². The van der Waals surface area contributed by atoms with Crippen molar-refractivity contribution < 1.29 is 4.79 Å². The summed E-state index contributed by atoms with van der Waals surface area (Å²) in [5, 5.41) is 1.19. The number of piperidine rings is 1. The second-order valence-corrected chi connectivity index (χ2v) is 7.33. The predicted octanol–water partition coefficient (Wildman–Crippen LogP) is 3.11. The Morgan fingerprint density at radius 3 is 2.79 bits per heavy atom. The van der Waals surface area contributed by atoms with Gasteiger partial charge in [0.1, 0.15) is 0 Å². The van der Waals surface area contributed by atoms with Crippen molar-refractivity contribution in [3.8, 4) is 0 Å². The van der Waals surface area contributed by atoms with Gasteiger partial charge in [-0.3, -0.25) is 9.69 Å². The van der Waals surface area contributed by atoms with E-state index in [1.165, 1.54) is 43.3 Å². The summed E-state index contributed by atoms with van der Waals surface area (Å²) in [5.41, 5.74) is 3.42. The fourth-order valence-corrected chi connectivity index (χ4v) is 4.41. The number of rotatable bonds is 3. The fraction of sp³-hybridized carbons (Fsp3) is 0.550. The van der Waals surface area contributed by atoms with Gasteiger partial charge in [0.05, 0.1) is 6.42 Å². The Morgan fingerprint density at radius 1 is 1.17 bits per heavy atom. The van der Waals surface area contributed by atoms with Gasteiger partial charge in [0.15, 0.2) is 0 Å². The molecule has 4 rings (SSSR count). The highest BCUT2D eigenvalue weighted by Crippen LogP contribution is 2.25. The summed E-state index contributed by atoms with van der Waals surface area (Å²) in [6.45, 7) is 6.35. The van der Waals surface area contributed by atoms with Gasteiger partial charge < -0.3 is 9.88 Å². The number of para-hydroxylation sites is 1. The van der Waals surface area contributed by atoms with E-state index in [4.69, 9.17) is 0 Å². The summed E-state index contributed by atoms with van der Waals surface area (Å²) in [6, 6.07) is 8.86. The van der Waals surface area contributed by atoms with Crippen LogP contribution in [0.4, 0.5) is 0 Å². The second-order valence-electron chi connectivity index (χ2n) is 7.33. The first-order chi connectivity index (χ1) is 11.7. The van der Waals surface area contributed by atoms with Crippen LogP contribution in [-0.2, 0) is 11.2 Å². The maximum absolute atomic E-state index is 12.9. The van der Waals surface area contributed by atoms with Gasteiger partial charge >= 0.3 is 0 Å². The second kappa shape index (κ2) is 6.60. The molecule has 0 aliphatic carbocycles. The van der Waals surface area contributed by atoms with Crippen LogP contribution in [0.2, 0.25) is 0 Å². The lowest BCUT2D eigenvalue weighted by atomic mass is 10.0. The zero-order valence-corrected chi connectivity index (χ0v) is 14.6. The third kappa shape index (κ3) is 2.95. The quantitative estimate of drug-likeness (QED) is 0.942. The van der Waals surface area contributed by atoms with Crippen LogP contribution in [0.15, 0.2) is 24.3 Å². The van der Waals surface area contributed by atoms with Crippen molar-refractivity contribution in [3.05, 3.63) is 35.5 Å². The van der Waals surface area contributed by atoms with Crippen LogP contribution in [0.3, 0.4) is 0 Å². The Hall–Kier alpha value is -1.81. The standard InChI is InChI=1S/C20H27N3O/c1-15-18(17-8-2-3-9-19(17)21-15)13-20(24)23-12-6-7-16(14-23)22-10-4-5-11-22/h2-3,8-9,16,21H,4-7,10-14H2,1H3/t16-/m0/s1. The highest BCUT2D eigenvalue weighted by Gasteiger charge is 2.29. The molecule has 1 N–H and O–H groups in total. The first kappa shape index (κ1) is 15.7. The lowest BCUT2D eigenvalue weighted by Crippen LogP contribution is -2.49. The number of hydrogen-bond donors (Lipinski definition) is 1. The molecule has 4 nitrogen and oxygen atoms in total. The number of H-pyrrole nitrogens is 1. The minimum Gasteiger partial charge on any atom is -0.358 e. The summed E-state index contributed by atoms with van der Waals surface area (Å²) in [5.74, 6) is 0.284. The number of aromatic nitrogens is 1. The molecule has 1 amide bonds. The van der Waals surface area contributed by atoms with Gasteiger partial charge in [-0.1, -0.05) is 18.2 Å². The monoisotopic (exact) mass is 325 g/mol. The van der Waals surface area contributed by atoms with Crippen LogP contribution in [0.25, 0.3) is 10.9 Å². The molecule has 24 heavy (non-hydrogen) atoms. The lowest BCUT2D eigenvalue weighted by molar-refractivity contribution is -0.132. The van der Waals surface area contributed by atoms with E-state index >= 15 is 0 Å². The molecule has 2 aliphatic rings. The minimum atomic E-state index is 0.284. The van der Waals surface area contributed by atoms with Crippen LogP contribution in [0, 0.1) is 6.92 Å². The van der Waals surface area contributed by atoms with E-state index in [2.05, 4.69) is 33.8 Å². The van der Waals surface area contributed by atoms with E-state index in [-0.39, 0.29) is 5.91 Å². The molecule has 3 heterocycles. The number of aromatic amines is 1. The number of likely N-dealkylation sites (tertiary alicyclic amines) is 2. The molecule has 2 aromatic rings. The van der Waals surface area contributed by atoms with E-state index in [0.717, 1.165) is 30.7 Å². The van der Waals surface area contributed by atoms with Crippen LogP contribution >= 0.6 is 0 Å². The predicted molar refractivity (Wildman–Crippen MR) is 97.1 cm³/mol. The number of carbonyl (C=O) groups excluding carboxylic acids is 1. The summed E-state index contributed by atoms with van der Waals surface area (Å²) >= 11 is 0. The molecule has 1 atom stereocenters. The Balaban J connectivity index is 1.48. The molecular weight excluding hydrogens is 298 g/mol.